The molecule has 3 heterocycles. The number of piperazine rings is 1. The van der Waals surface area contributed by atoms with Gasteiger partial charge in [-0.05, 0) is 12.1 Å². The van der Waals surface area contributed by atoms with E-state index < -0.39 is 0 Å². The summed E-state index contributed by atoms with van der Waals surface area (Å²) in [5.74, 6) is 0. The molecule has 0 bridgehead atoms. The fourth-order valence-electron chi connectivity index (χ4n) is 3.46. The predicted molar refractivity (Wildman–Crippen MR) is 98.8 cm³/mol. The predicted octanol–water partition coefficient (Wildman–Crippen LogP) is 2.56. The second-order valence-corrected chi connectivity index (χ2v) is 6.64. The number of pyridine rings is 1. The molecule has 0 unspecified atom stereocenters. The fourth-order valence-corrected chi connectivity index (χ4v) is 3.46. The molecule has 26 heavy (non-hydrogen) atoms. The van der Waals surface area contributed by atoms with Crippen molar-refractivity contribution in [3.05, 3.63) is 76.2 Å². The van der Waals surface area contributed by atoms with E-state index in [4.69, 9.17) is 0 Å². The lowest BCUT2D eigenvalue weighted by Gasteiger charge is -2.34. The van der Waals surface area contributed by atoms with Crippen molar-refractivity contribution in [1.29, 1.82) is 0 Å². The molecule has 0 atom stereocenters. The standard InChI is InChI=1S/C19H21N5O2/c25-24(26)18-6-2-1-5-16(18)13-21-9-11-22(12-10-21)14-17-15-23-8-4-3-7-19(23)20-17/h1-8,15H,9-14H2. The lowest BCUT2D eigenvalue weighted by Crippen LogP contribution is -2.45. The second kappa shape index (κ2) is 7.23. The molecular weight excluding hydrogens is 330 g/mol. The van der Waals surface area contributed by atoms with Crippen molar-refractivity contribution in [2.45, 2.75) is 13.1 Å². The fraction of sp³-hybridized carbons (Fsp3) is 0.316. The Morgan fingerprint density at radius 1 is 0.962 bits per heavy atom. The summed E-state index contributed by atoms with van der Waals surface area (Å²) in [6.07, 6.45) is 4.09. The van der Waals surface area contributed by atoms with Gasteiger partial charge in [-0.1, -0.05) is 24.3 Å². The highest BCUT2D eigenvalue weighted by molar-refractivity contribution is 5.40. The molecule has 0 radical (unpaired) electrons. The van der Waals surface area contributed by atoms with Crippen molar-refractivity contribution in [2.24, 2.45) is 0 Å². The molecule has 1 fully saturated rings. The largest absolute Gasteiger partial charge is 0.307 e. The van der Waals surface area contributed by atoms with E-state index in [-0.39, 0.29) is 10.6 Å². The molecule has 3 aromatic rings. The van der Waals surface area contributed by atoms with Crippen LogP contribution in [0.15, 0.2) is 54.9 Å². The Morgan fingerprint density at radius 3 is 2.38 bits per heavy atom. The van der Waals surface area contributed by atoms with Gasteiger partial charge < -0.3 is 4.40 Å². The van der Waals surface area contributed by atoms with Gasteiger partial charge in [0.25, 0.3) is 5.69 Å². The van der Waals surface area contributed by atoms with E-state index in [2.05, 4.69) is 21.0 Å². The maximum atomic E-state index is 11.2. The Balaban J connectivity index is 1.35. The number of nitrogens with zero attached hydrogens (tertiary/aromatic N) is 5. The number of imidazole rings is 1. The van der Waals surface area contributed by atoms with Crippen LogP contribution < -0.4 is 0 Å². The minimum absolute atomic E-state index is 0.208. The van der Waals surface area contributed by atoms with Crippen LogP contribution in [0, 0.1) is 10.1 Å². The van der Waals surface area contributed by atoms with Crippen molar-refractivity contribution < 1.29 is 4.92 Å². The number of aromatic nitrogens is 2. The average Bonchev–Trinajstić information content (AvgIpc) is 3.06. The molecule has 1 saturated heterocycles. The number of nitro groups is 1. The molecule has 4 rings (SSSR count). The summed E-state index contributed by atoms with van der Waals surface area (Å²) in [5.41, 5.74) is 3.03. The molecule has 134 valence electrons. The van der Waals surface area contributed by atoms with Crippen molar-refractivity contribution in [3.63, 3.8) is 0 Å². The number of nitro benzene ring substituents is 1. The summed E-state index contributed by atoms with van der Waals surface area (Å²) in [7, 11) is 0. The summed E-state index contributed by atoms with van der Waals surface area (Å²) < 4.78 is 2.04. The van der Waals surface area contributed by atoms with E-state index in [0.29, 0.717) is 6.54 Å². The van der Waals surface area contributed by atoms with E-state index in [9.17, 15) is 10.1 Å². The Hall–Kier alpha value is -2.77. The molecule has 7 heteroatoms. The third-order valence-electron chi connectivity index (χ3n) is 4.85. The summed E-state index contributed by atoms with van der Waals surface area (Å²) in [5, 5.41) is 11.2. The van der Waals surface area contributed by atoms with Crippen LogP contribution in [0.4, 0.5) is 5.69 Å². The average molecular weight is 351 g/mol. The highest BCUT2D eigenvalue weighted by Gasteiger charge is 2.21. The summed E-state index contributed by atoms with van der Waals surface area (Å²) >= 11 is 0. The zero-order valence-corrected chi connectivity index (χ0v) is 14.5. The lowest BCUT2D eigenvalue weighted by atomic mass is 10.1. The Bertz CT molecular complexity index is 882. The van der Waals surface area contributed by atoms with Gasteiger partial charge in [0.2, 0.25) is 0 Å². The Kier molecular flexibility index (Phi) is 4.64. The number of para-hydroxylation sites is 1. The zero-order chi connectivity index (χ0) is 17.9. The van der Waals surface area contributed by atoms with Crippen molar-refractivity contribution in [3.8, 4) is 0 Å². The Morgan fingerprint density at radius 2 is 1.65 bits per heavy atom. The molecule has 1 aliphatic heterocycles. The second-order valence-electron chi connectivity index (χ2n) is 6.64. The molecule has 0 amide bonds. The van der Waals surface area contributed by atoms with Gasteiger partial charge in [-0.25, -0.2) is 4.98 Å². The van der Waals surface area contributed by atoms with Crippen molar-refractivity contribution in [1.82, 2.24) is 19.2 Å². The topological polar surface area (TPSA) is 66.9 Å². The first-order valence-electron chi connectivity index (χ1n) is 8.79. The first-order valence-corrected chi connectivity index (χ1v) is 8.79. The normalized spacial score (nSPS) is 16.2. The minimum Gasteiger partial charge on any atom is -0.307 e. The van der Waals surface area contributed by atoms with Gasteiger partial charge in [0.1, 0.15) is 5.65 Å². The summed E-state index contributed by atoms with van der Waals surface area (Å²) in [4.78, 5) is 20.2. The summed E-state index contributed by atoms with van der Waals surface area (Å²) in [6, 6.07) is 13.0. The SMILES string of the molecule is O=[N+]([O-])c1ccccc1CN1CCN(Cc2cn3ccccc3n2)CC1. The maximum absolute atomic E-state index is 11.2. The van der Waals surface area contributed by atoms with Gasteiger partial charge in [-0.15, -0.1) is 0 Å². The van der Waals surface area contributed by atoms with Crippen LogP contribution in [0.3, 0.4) is 0 Å². The van der Waals surface area contributed by atoms with Crippen LogP contribution in [0.5, 0.6) is 0 Å². The van der Waals surface area contributed by atoms with Crippen LogP contribution in [0.1, 0.15) is 11.3 Å². The number of fused-ring (bicyclic) bond motifs is 1. The maximum Gasteiger partial charge on any atom is 0.273 e. The van der Waals surface area contributed by atoms with Crippen LogP contribution in [-0.2, 0) is 13.1 Å². The molecule has 1 aliphatic rings. The van der Waals surface area contributed by atoms with E-state index in [1.165, 1.54) is 0 Å². The van der Waals surface area contributed by atoms with Crippen LogP contribution in [0.2, 0.25) is 0 Å². The zero-order valence-electron chi connectivity index (χ0n) is 14.5. The van der Waals surface area contributed by atoms with Crippen molar-refractivity contribution in [2.75, 3.05) is 26.2 Å². The summed E-state index contributed by atoms with van der Waals surface area (Å²) in [6.45, 7) is 5.14. The van der Waals surface area contributed by atoms with E-state index >= 15 is 0 Å². The molecule has 0 N–H and O–H groups in total. The highest BCUT2D eigenvalue weighted by atomic mass is 16.6. The lowest BCUT2D eigenvalue weighted by molar-refractivity contribution is -0.385. The molecular formula is C19H21N5O2. The third-order valence-corrected chi connectivity index (χ3v) is 4.85. The van der Waals surface area contributed by atoms with Crippen LogP contribution in [0.25, 0.3) is 5.65 Å². The molecule has 0 aliphatic carbocycles. The first-order chi connectivity index (χ1) is 12.7. The van der Waals surface area contributed by atoms with Crippen molar-refractivity contribution >= 4 is 11.3 Å². The van der Waals surface area contributed by atoms with Gasteiger partial charge >= 0.3 is 0 Å². The van der Waals surface area contributed by atoms with Gasteiger partial charge in [0.15, 0.2) is 0 Å². The van der Waals surface area contributed by atoms with Crippen LogP contribution >= 0.6 is 0 Å². The van der Waals surface area contributed by atoms with Crippen LogP contribution in [-0.4, -0.2) is 50.3 Å². The smallest absolute Gasteiger partial charge is 0.273 e. The molecule has 0 saturated carbocycles. The molecule has 0 spiro atoms. The number of hydrogen-bond acceptors (Lipinski definition) is 5. The highest BCUT2D eigenvalue weighted by Crippen LogP contribution is 2.20. The van der Waals surface area contributed by atoms with E-state index in [1.54, 1.807) is 12.1 Å². The molecule has 7 nitrogen and oxygen atoms in total. The van der Waals surface area contributed by atoms with E-state index in [0.717, 1.165) is 49.6 Å². The monoisotopic (exact) mass is 351 g/mol. The molecule has 1 aromatic carbocycles. The number of rotatable bonds is 5. The van der Waals surface area contributed by atoms with Gasteiger partial charge in [0, 0.05) is 63.3 Å². The minimum atomic E-state index is -0.297. The van der Waals surface area contributed by atoms with Gasteiger partial charge in [0.05, 0.1) is 10.6 Å². The number of benzene rings is 1. The van der Waals surface area contributed by atoms with Gasteiger partial charge in [-0.2, -0.15) is 0 Å². The number of hydrogen-bond donors (Lipinski definition) is 0. The quantitative estimate of drug-likeness (QED) is 0.522. The first kappa shape index (κ1) is 16.7. The van der Waals surface area contributed by atoms with Gasteiger partial charge in [-0.3, -0.25) is 19.9 Å². The Labute approximate surface area is 151 Å². The molecule has 2 aromatic heterocycles. The van der Waals surface area contributed by atoms with E-state index in [1.807, 2.05) is 40.9 Å². The third kappa shape index (κ3) is 3.58.